The Kier molecular flexibility index (Phi) is 1.85. The van der Waals surface area contributed by atoms with E-state index in [0.29, 0.717) is 0 Å². The lowest BCUT2D eigenvalue weighted by molar-refractivity contribution is 0.324. The lowest BCUT2D eigenvalue weighted by atomic mass is 9.44. The van der Waals surface area contributed by atoms with Crippen LogP contribution in [0.5, 0.6) is 0 Å². The maximum atomic E-state index is 12.5. The van der Waals surface area contributed by atoms with Crippen molar-refractivity contribution in [3.63, 3.8) is 0 Å². The minimum Gasteiger partial charge on any atom is -0.254 e. The van der Waals surface area contributed by atoms with Crippen LogP contribution in [0.25, 0.3) is 0 Å². The molecule has 0 heterocycles. The normalized spacial score (nSPS) is 11.6. The third-order valence-electron chi connectivity index (χ3n) is 1.37. The zero-order valence-corrected chi connectivity index (χ0v) is 5.46. The van der Waals surface area contributed by atoms with Crippen LogP contribution in [0, 0.1) is 0 Å². The Morgan fingerprint density at radius 2 is 1.43 bits per heavy atom. The smallest absolute Gasteiger partial charge is 0.179 e. The fourth-order valence-corrected chi connectivity index (χ4v) is 0. The van der Waals surface area contributed by atoms with Crippen LogP contribution >= 0.6 is 0 Å². The van der Waals surface area contributed by atoms with Gasteiger partial charge < -0.3 is 0 Å². The number of alkyl halides is 1. The van der Waals surface area contributed by atoms with Crippen molar-refractivity contribution >= 4 is 6.71 Å². The number of hydrogen-bond donors (Lipinski definition) is 0. The van der Waals surface area contributed by atoms with Crippen LogP contribution in [0.4, 0.5) is 4.39 Å². The first-order valence-corrected chi connectivity index (χ1v) is 2.63. The van der Waals surface area contributed by atoms with Crippen molar-refractivity contribution < 1.29 is 4.39 Å². The summed E-state index contributed by atoms with van der Waals surface area (Å²) in [5.74, 6) is 0. The predicted molar refractivity (Wildman–Crippen MR) is 32.7 cm³/mol. The molecular formula is C5H12BF. The molecule has 0 radical (unpaired) electrons. The van der Waals surface area contributed by atoms with Crippen molar-refractivity contribution in [1.29, 1.82) is 0 Å². The van der Waals surface area contributed by atoms with Gasteiger partial charge in [-0.25, -0.2) is 0 Å². The molecule has 0 saturated carbocycles. The summed E-state index contributed by atoms with van der Waals surface area (Å²) >= 11 is 0. The highest BCUT2D eigenvalue weighted by atomic mass is 19.1. The summed E-state index contributed by atoms with van der Waals surface area (Å²) in [6.07, 6.45) is 0. The molecule has 0 spiro atoms. The van der Waals surface area contributed by atoms with E-state index in [0.717, 1.165) is 0 Å². The van der Waals surface area contributed by atoms with Crippen molar-refractivity contribution in [1.82, 2.24) is 0 Å². The average molecular weight is 102 g/mol. The lowest BCUT2D eigenvalue weighted by Gasteiger charge is -2.14. The second-order valence-electron chi connectivity index (χ2n) is 2.72. The Hall–Kier alpha value is -0.00506. The average Bonchev–Trinajstić information content (AvgIpc) is 1.31. The van der Waals surface area contributed by atoms with Gasteiger partial charge in [-0.1, -0.05) is 13.6 Å². The molecule has 0 unspecified atom stereocenters. The van der Waals surface area contributed by atoms with Crippen molar-refractivity contribution in [2.75, 3.05) is 0 Å². The minimum absolute atomic E-state index is 0.132. The largest absolute Gasteiger partial charge is 0.254 e. The first-order chi connectivity index (χ1) is 2.94. The standard InChI is InChI=1S/C5H12BF/c1-5(2,7)6(3)4/h1-4H3. The van der Waals surface area contributed by atoms with Crippen LogP contribution in [0.2, 0.25) is 13.6 Å². The number of hydrogen-bond acceptors (Lipinski definition) is 0. The van der Waals surface area contributed by atoms with Gasteiger partial charge in [0.2, 0.25) is 0 Å². The highest BCUT2D eigenvalue weighted by molar-refractivity contribution is 6.58. The van der Waals surface area contributed by atoms with Crippen LogP contribution in [0.3, 0.4) is 0 Å². The SMILES string of the molecule is CB(C)C(C)(C)F. The van der Waals surface area contributed by atoms with E-state index < -0.39 is 5.57 Å². The summed E-state index contributed by atoms with van der Waals surface area (Å²) < 4.78 is 12.5. The molecular weight excluding hydrogens is 89.9 g/mol. The molecule has 0 aliphatic rings. The third kappa shape index (κ3) is 2.66. The molecule has 0 fully saturated rings. The fourth-order valence-electron chi connectivity index (χ4n) is 0. The topological polar surface area (TPSA) is 0 Å². The number of rotatable bonds is 1. The van der Waals surface area contributed by atoms with Crippen molar-refractivity contribution in [2.45, 2.75) is 33.1 Å². The molecule has 42 valence electrons. The molecule has 0 aromatic carbocycles. The molecule has 2 heteroatoms. The first-order valence-electron chi connectivity index (χ1n) is 2.63. The monoisotopic (exact) mass is 102 g/mol. The van der Waals surface area contributed by atoms with E-state index in [1.54, 1.807) is 13.8 Å². The molecule has 0 nitrogen and oxygen atoms in total. The van der Waals surface area contributed by atoms with Gasteiger partial charge in [0.1, 0.15) is 0 Å². The first kappa shape index (κ1) is 6.99. The molecule has 0 rings (SSSR count). The van der Waals surface area contributed by atoms with E-state index in [1.807, 2.05) is 13.6 Å². The summed E-state index contributed by atoms with van der Waals surface area (Å²) in [6, 6.07) is 0. The van der Waals surface area contributed by atoms with Gasteiger partial charge >= 0.3 is 0 Å². The Labute approximate surface area is 45.2 Å². The maximum absolute atomic E-state index is 12.5. The molecule has 0 aromatic rings. The fraction of sp³-hybridized carbons (Fsp3) is 1.00. The molecule has 0 aliphatic carbocycles. The molecule has 0 atom stereocenters. The summed E-state index contributed by atoms with van der Waals surface area (Å²) in [5, 5.41) is 0. The quantitative estimate of drug-likeness (QED) is 0.444. The van der Waals surface area contributed by atoms with E-state index in [-0.39, 0.29) is 6.71 Å². The second-order valence-corrected chi connectivity index (χ2v) is 2.72. The van der Waals surface area contributed by atoms with Crippen LogP contribution in [-0.2, 0) is 0 Å². The molecule has 0 amide bonds. The zero-order valence-electron chi connectivity index (χ0n) is 5.46. The Morgan fingerprint density at radius 3 is 1.43 bits per heavy atom. The van der Waals surface area contributed by atoms with Crippen LogP contribution in [0.15, 0.2) is 0 Å². The molecule has 0 aliphatic heterocycles. The van der Waals surface area contributed by atoms with E-state index in [4.69, 9.17) is 0 Å². The van der Waals surface area contributed by atoms with Gasteiger partial charge in [-0.15, -0.1) is 0 Å². The van der Waals surface area contributed by atoms with Gasteiger partial charge in [0.05, 0.1) is 5.57 Å². The molecule has 0 bridgehead atoms. The van der Waals surface area contributed by atoms with Crippen LogP contribution in [0.1, 0.15) is 13.8 Å². The van der Waals surface area contributed by atoms with Crippen molar-refractivity contribution in [3.8, 4) is 0 Å². The summed E-state index contributed by atoms with van der Waals surface area (Å²) in [6.45, 7) is 7.07. The van der Waals surface area contributed by atoms with Crippen LogP contribution in [-0.4, -0.2) is 12.3 Å². The Balaban J connectivity index is 3.54. The molecule has 0 aromatic heterocycles. The lowest BCUT2D eigenvalue weighted by Crippen LogP contribution is -2.29. The Morgan fingerprint density at radius 1 is 1.29 bits per heavy atom. The van der Waals surface area contributed by atoms with Gasteiger partial charge in [-0.2, -0.15) is 0 Å². The van der Waals surface area contributed by atoms with Crippen molar-refractivity contribution in [3.05, 3.63) is 0 Å². The van der Waals surface area contributed by atoms with Gasteiger partial charge in [0, 0.05) is 0 Å². The van der Waals surface area contributed by atoms with Crippen molar-refractivity contribution in [2.24, 2.45) is 0 Å². The minimum atomic E-state index is -1.00. The summed E-state index contributed by atoms with van der Waals surface area (Å²) in [4.78, 5) is 0. The summed E-state index contributed by atoms with van der Waals surface area (Å²) in [7, 11) is 0. The van der Waals surface area contributed by atoms with E-state index >= 15 is 0 Å². The van der Waals surface area contributed by atoms with E-state index in [9.17, 15) is 4.39 Å². The highest BCUT2D eigenvalue weighted by Gasteiger charge is 2.22. The van der Waals surface area contributed by atoms with Gasteiger partial charge in [-0.05, 0) is 13.8 Å². The molecule has 7 heavy (non-hydrogen) atoms. The summed E-state index contributed by atoms with van der Waals surface area (Å²) in [5.41, 5.74) is -1.00. The Bertz CT molecular complexity index is 53.6. The zero-order chi connectivity index (χ0) is 6.08. The second kappa shape index (κ2) is 1.85. The third-order valence-corrected chi connectivity index (χ3v) is 1.37. The molecule has 0 N–H and O–H groups in total. The predicted octanol–water partition coefficient (Wildman–Crippen LogP) is 2.03. The van der Waals surface area contributed by atoms with E-state index in [1.165, 1.54) is 0 Å². The van der Waals surface area contributed by atoms with E-state index in [2.05, 4.69) is 0 Å². The maximum Gasteiger partial charge on any atom is 0.179 e. The van der Waals surface area contributed by atoms with Gasteiger partial charge in [-0.3, -0.25) is 4.39 Å². The number of halogens is 1. The highest BCUT2D eigenvalue weighted by Crippen LogP contribution is 2.11. The van der Waals surface area contributed by atoms with Crippen LogP contribution < -0.4 is 0 Å². The molecule has 0 saturated heterocycles. The van der Waals surface area contributed by atoms with Gasteiger partial charge in [0.15, 0.2) is 6.71 Å². The van der Waals surface area contributed by atoms with Gasteiger partial charge in [0.25, 0.3) is 0 Å².